The van der Waals surface area contributed by atoms with E-state index < -0.39 is 5.97 Å². The number of thiocarbonyl (C=S) groups is 1. The number of ether oxygens (including phenoxy) is 3. The topological polar surface area (TPSA) is 81.2 Å². The molecule has 192 valence electrons. The van der Waals surface area contributed by atoms with Crippen LogP contribution in [0.5, 0.6) is 11.5 Å². The number of anilines is 1. The summed E-state index contributed by atoms with van der Waals surface area (Å²) in [6.07, 6.45) is 7.10. The highest BCUT2D eigenvalue weighted by molar-refractivity contribution is 7.80. The van der Waals surface area contributed by atoms with Gasteiger partial charge in [0.1, 0.15) is 17.1 Å². The summed E-state index contributed by atoms with van der Waals surface area (Å²) in [5.41, 5.74) is 7.87. The molecule has 0 radical (unpaired) electrons. The molecule has 0 bridgehead atoms. The summed E-state index contributed by atoms with van der Waals surface area (Å²) < 4.78 is 17.2. The van der Waals surface area contributed by atoms with Gasteiger partial charge < -0.3 is 19.5 Å². The van der Waals surface area contributed by atoms with Crippen LogP contribution in [0.3, 0.4) is 0 Å². The van der Waals surface area contributed by atoms with Crippen molar-refractivity contribution in [2.75, 3.05) is 18.5 Å². The average molecular weight is 510 g/mol. The van der Waals surface area contributed by atoms with Crippen molar-refractivity contribution in [1.82, 2.24) is 5.43 Å². The van der Waals surface area contributed by atoms with E-state index in [0.29, 0.717) is 23.9 Å². The number of fused-ring (bicyclic) bond motifs is 1. The summed E-state index contributed by atoms with van der Waals surface area (Å²) in [6, 6.07) is 11.8. The molecule has 2 aromatic carbocycles. The Morgan fingerprint density at radius 2 is 1.97 bits per heavy atom. The molecule has 1 aliphatic carbocycles. The molecule has 0 atom stereocenters. The van der Waals surface area contributed by atoms with Gasteiger partial charge in [-0.3, -0.25) is 5.43 Å². The number of carbonyl (C=O) groups excluding carboxylic acids is 1. The summed E-state index contributed by atoms with van der Waals surface area (Å²) >= 11 is 5.60. The van der Waals surface area contributed by atoms with Gasteiger partial charge in [-0.25, -0.2) is 4.79 Å². The Morgan fingerprint density at radius 3 is 2.72 bits per heavy atom. The van der Waals surface area contributed by atoms with Gasteiger partial charge in [0.2, 0.25) is 0 Å². The van der Waals surface area contributed by atoms with Crippen molar-refractivity contribution in [3.63, 3.8) is 0 Å². The predicted molar refractivity (Wildman–Crippen MR) is 146 cm³/mol. The molecule has 1 spiro atoms. The van der Waals surface area contributed by atoms with Gasteiger partial charge >= 0.3 is 5.97 Å². The third-order valence-corrected chi connectivity index (χ3v) is 6.97. The smallest absolute Gasteiger partial charge is 0.344 e. The lowest BCUT2D eigenvalue weighted by atomic mass is 9.78. The van der Waals surface area contributed by atoms with E-state index in [9.17, 15) is 4.79 Å². The van der Waals surface area contributed by atoms with E-state index in [4.69, 9.17) is 31.5 Å². The molecular weight excluding hydrogens is 474 g/mol. The van der Waals surface area contributed by atoms with Gasteiger partial charge in [-0.2, -0.15) is 5.10 Å². The average Bonchev–Trinajstić information content (AvgIpc) is 2.88. The van der Waals surface area contributed by atoms with Gasteiger partial charge in [-0.15, -0.1) is 0 Å². The van der Waals surface area contributed by atoms with Crippen LogP contribution in [0.25, 0.3) is 0 Å². The second-order valence-electron chi connectivity index (χ2n) is 9.36. The fourth-order valence-corrected chi connectivity index (χ4v) is 5.11. The Balaban J connectivity index is 1.56. The first-order valence-corrected chi connectivity index (χ1v) is 13.2. The normalized spacial score (nSPS) is 17.1. The number of nitrogens with zero attached hydrogens (tertiary/aromatic N) is 1. The van der Waals surface area contributed by atoms with Gasteiger partial charge in [0, 0.05) is 17.7 Å². The highest BCUT2D eigenvalue weighted by Crippen LogP contribution is 2.43. The molecule has 8 heteroatoms. The van der Waals surface area contributed by atoms with Crippen LogP contribution < -0.4 is 20.2 Å². The van der Waals surface area contributed by atoms with Crippen molar-refractivity contribution in [2.24, 2.45) is 5.10 Å². The first-order chi connectivity index (χ1) is 17.4. The molecular formula is C28H35N3O4S. The molecule has 4 rings (SSSR count). The number of hydrazone groups is 1. The lowest BCUT2D eigenvalue weighted by Crippen LogP contribution is -2.44. The van der Waals surface area contributed by atoms with E-state index in [1.165, 1.54) is 12.0 Å². The quantitative estimate of drug-likeness (QED) is 0.283. The van der Waals surface area contributed by atoms with Crippen molar-refractivity contribution >= 4 is 34.7 Å². The van der Waals surface area contributed by atoms with E-state index in [1.807, 2.05) is 18.2 Å². The molecule has 1 fully saturated rings. The van der Waals surface area contributed by atoms with Gasteiger partial charge in [0.15, 0.2) is 11.7 Å². The molecule has 0 saturated heterocycles. The fraction of sp³-hybridized carbons (Fsp3) is 0.464. The standard InChI is InChI=1S/C28H35N3O4S/c1-4-20-11-9-10-19(3)26(20)29-27(36)31-30-23-17-28(14-7-6-8-15-28)35-24-13-12-21(16-22(23)24)34-18-25(32)33-5-2/h9-13,16H,4-8,14-15,17-18H2,1-3H3,(H2,29,31,36). The maximum absolute atomic E-state index is 11.7. The Bertz CT molecular complexity index is 1140. The molecule has 36 heavy (non-hydrogen) atoms. The molecule has 0 amide bonds. The van der Waals surface area contributed by atoms with Crippen LogP contribution in [0, 0.1) is 6.92 Å². The van der Waals surface area contributed by atoms with Crippen molar-refractivity contribution in [1.29, 1.82) is 0 Å². The summed E-state index contributed by atoms with van der Waals surface area (Å²) in [7, 11) is 0. The van der Waals surface area contributed by atoms with E-state index in [2.05, 4.69) is 42.8 Å². The van der Waals surface area contributed by atoms with Crippen molar-refractivity contribution in [3.05, 3.63) is 53.1 Å². The minimum absolute atomic E-state index is 0.146. The SMILES string of the molecule is CCOC(=O)COc1ccc2c(c1)C(=NNC(=S)Nc1c(C)cccc1CC)CC1(CCCCC1)O2. The molecule has 0 unspecified atom stereocenters. The zero-order chi connectivity index (χ0) is 25.5. The molecule has 0 aromatic heterocycles. The maximum atomic E-state index is 11.7. The molecule has 1 saturated carbocycles. The zero-order valence-corrected chi connectivity index (χ0v) is 22.1. The van der Waals surface area contributed by atoms with Crippen molar-refractivity contribution < 1.29 is 19.0 Å². The molecule has 1 heterocycles. The van der Waals surface area contributed by atoms with Crippen LogP contribution in [0.4, 0.5) is 5.69 Å². The highest BCUT2D eigenvalue weighted by atomic mass is 32.1. The van der Waals surface area contributed by atoms with Crippen LogP contribution in [0.2, 0.25) is 0 Å². The van der Waals surface area contributed by atoms with Gasteiger partial charge in [0.05, 0.1) is 12.3 Å². The number of benzene rings is 2. The number of rotatable bonds is 7. The van der Waals surface area contributed by atoms with Gasteiger partial charge in [0.25, 0.3) is 0 Å². The Kier molecular flexibility index (Phi) is 8.46. The number of hydrogen-bond donors (Lipinski definition) is 2. The van der Waals surface area contributed by atoms with E-state index in [-0.39, 0.29) is 12.2 Å². The number of para-hydroxylation sites is 1. The number of carbonyl (C=O) groups is 1. The second-order valence-corrected chi connectivity index (χ2v) is 9.77. The van der Waals surface area contributed by atoms with Crippen LogP contribution in [0.15, 0.2) is 41.5 Å². The van der Waals surface area contributed by atoms with Crippen LogP contribution >= 0.6 is 12.2 Å². The summed E-state index contributed by atoms with van der Waals surface area (Å²) in [5.74, 6) is 0.936. The lowest BCUT2D eigenvalue weighted by Gasteiger charge is -2.41. The number of esters is 1. The van der Waals surface area contributed by atoms with Crippen molar-refractivity contribution in [2.45, 2.75) is 71.3 Å². The van der Waals surface area contributed by atoms with Crippen LogP contribution in [-0.2, 0) is 16.0 Å². The zero-order valence-electron chi connectivity index (χ0n) is 21.3. The first kappa shape index (κ1) is 25.9. The summed E-state index contributed by atoms with van der Waals surface area (Å²) in [6.45, 7) is 6.13. The number of aryl methyl sites for hydroxylation is 2. The Morgan fingerprint density at radius 1 is 1.17 bits per heavy atom. The van der Waals surface area contributed by atoms with E-state index in [0.717, 1.165) is 60.4 Å². The number of hydrogen-bond acceptors (Lipinski definition) is 6. The van der Waals surface area contributed by atoms with E-state index >= 15 is 0 Å². The van der Waals surface area contributed by atoms with Gasteiger partial charge in [-0.1, -0.05) is 31.5 Å². The Hall–Kier alpha value is -3.13. The lowest BCUT2D eigenvalue weighted by molar-refractivity contribution is -0.145. The third-order valence-electron chi connectivity index (χ3n) is 6.78. The Labute approximate surface area is 218 Å². The summed E-state index contributed by atoms with van der Waals surface area (Å²) in [4.78, 5) is 11.7. The minimum Gasteiger partial charge on any atom is -0.486 e. The molecule has 2 aliphatic rings. The monoisotopic (exact) mass is 509 g/mol. The largest absolute Gasteiger partial charge is 0.486 e. The van der Waals surface area contributed by atoms with Crippen molar-refractivity contribution in [3.8, 4) is 11.5 Å². The van der Waals surface area contributed by atoms with Gasteiger partial charge in [-0.05, 0) is 87.5 Å². The molecule has 2 aromatic rings. The van der Waals surface area contributed by atoms with Crippen LogP contribution in [-0.4, -0.2) is 35.6 Å². The van der Waals surface area contributed by atoms with E-state index in [1.54, 1.807) is 6.92 Å². The molecule has 1 aliphatic heterocycles. The third kappa shape index (κ3) is 6.16. The maximum Gasteiger partial charge on any atom is 0.344 e. The number of nitrogens with one attached hydrogen (secondary N) is 2. The minimum atomic E-state index is -0.401. The summed E-state index contributed by atoms with van der Waals surface area (Å²) in [5, 5.41) is 8.52. The fourth-order valence-electron chi connectivity index (χ4n) is 4.96. The first-order valence-electron chi connectivity index (χ1n) is 12.8. The van der Waals surface area contributed by atoms with Crippen LogP contribution in [0.1, 0.15) is 69.1 Å². The highest BCUT2D eigenvalue weighted by Gasteiger charge is 2.40. The molecule has 2 N–H and O–H groups in total. The second kappa shape index (κ2) is 11.7. The predicted octanol–water partition coefficient (Wildman–Crippen LogP) is 5.68. The molecule has 7 nitrogen and oxygen atoms in total.